The minimum Gasteiger partial charge on any atom is -0.464 e. The van der Waals surface area contributed by atoms with E-state index in [0.717, 1.165) is 12.7 Å². The lowest BCUT2D eigenvalue weighted by Crippen LogP contribution is -2.66. The standard InChI is InChI=1S/C20H24O5/c1-11-12-4-5-13-19(8-12,16(11)23)17(24)25-10-20(13)14(9-21)18(2,3)7-6-15(20)22/h6-7,9,12-14,16,23H,1,4-5,8,10H2,2-3H3. The Morgan fingerprint density at radius 3 is 2.68 bits per heavy atom. The molecule has 0 amide bonds. The van der Waals surface area contributed by atoms with Gasteiger partial charge in [-0.05, 0) is 48.2 Å². The summed E-state index contributed by atoms with van der Waals surface area (Å²) in [7, 11) is 0. The maximum absolute atomic E-state index is 13.1. The molecule has 4 rings (SSSR count). The first-order chi connectivity index (χ1) is 11.7. The van der Waals surface area contributed by atoms with Crippen molar-refractivity contribution in [1.82, 2.24) is 0 Å². The van der Waals surface area contributed by atoms with Gasteiger partial charge in [-0.15, -0.1) is 0 Å². The summed E-state index contributed by atoms with van der Waals surface area (Å²) in [5, 5.41) is 10.9. The van der Waals surface area contributed by atoms with Gasteiger partial charge >= 0.3 is 5.97 Å². The summed E-state index contributed by atoms with van der Waals surface area (Å²) in [6.45, 7) is 7.76. The average Bonchev–Trinajstić information content (AvgIpc) is 2.77. The molecule has 0 aromatic rings. The molecular formula is C20H24O5. The second-order valence-electron chi connectivity index (χ2n) is 8.80. The lowest BCUT2D eigenvalue weighted by atomic mass is 9.46. The molecular weight excluding hydrogens is 320 g/mol. The van der Waals surface area contributed by atoms with Crippen molar-refractivity contribution in [3.05, 3.63) is 24.3 Å². The van der Waals surface area contributed by atoms with Gasteiger partial charge in [0.2, 0.25) is 0 Å². The van der Waals surface area contributed by atoms with Gasteiger partial charge in [0.05, 0.1) is 11.5 Å². The minimum atomic E-state index is -1.14. The minimum absolute atomic E-state index is 0.0749. The summed E-state index contributed by atoms with van der Waals surface area (Å²) in [5.74, 6) is -1.53. The molecule has 6 atom stereocenters. The first-order valence-electron chi connectivity index (χ1n) is 8.95. The summed E-state index contributed by atoms with van der Waals surface area (Å²) in [4.78, 5) is 38.0. The molecule has 2 saturated carbocycles. The zero-order valence-electron chi connectivity index (χ0n) is 14.7. The Labute approximate surface area is 147 Å². The number of ether oxygens (including phenoxy) is 1. The molecule has 0 aromatic carbocycles. The Morgan fingerprint density at radius 1 is 1.28 bits per heavy atom. The molecule has 4 aliphatic rings. The van der Waals surface area contributed by atoms with Crippen LogP contribution in [0.1, 0.15) is 33.1 Å². The van der Waals surface area contributed by atoms with E-state index in [0.29, 0.717) is 18.4 Å². The fraction of sp³-hybridized carbons (Fsp3) is 0.650. The molecule has 5 heteroatoms. The molecule has 6 unspecified atom stereocenters. The normalized spacial score (nSPS) is 47.6. The summed E-state index contributed by atoms with van der Waals surface area (Å²) >= 11 is 0. The number of allylic oxidation sites excluding steroid dienone is 2. The summed E-state index contributed by atoms with van der Waals surface area (Å²) in [5.41, 5.74) is -2.09. The van der Waals surface area contributed by atoms with Crippen molar-refractivity contribution < 1.29 is 24.2 Å². The maximum atomic E-state index is 13.1. The van der Waals surface area contributed by atoms with Crippen LogP contribution in [0, 0.1) is 34.0 Å². The number of hydrogen-bond donors (Lipinski definition) is 1. The number of carbonyl (C=O) groups is 3. The van der Waals surface area contributed by atoms with Gasteiger partial charge in [0.15, 0.2) is 5.78 Å². The third kappa shape index (κ3) is 1.75. The Hall–Kier alpha value is -1.75. The van der Waals surface area contributed by atoms with Gasteiger partial charge in [-0.1, -0.05) is 26.5 Å². The molecule has 1 heterocycles. The van der Waals surface area contributed by atoms with Crippen LogP contribution in [0.5, 0.6) is 0 Å². The highest BCUT2D eigenvalue weighted by atomic mass is 16.5. The number of hydrogen-bond acceptors (Lipinski definition) is 5. The molecule has 3 fully saturated rings. The predicted octanol–water partition coefficient (Wildman–Crippen LogP) is 1.84. The van der Waals surface area contributed by atoms with E-state index in [2.05, 4.69) is 6.58 Å². The number of esters is 1. The molecule has 1 aliphatic heterocycles. The van der Waals surface area contributed by atoms with Crippen LogP contribution < -0.4 is 0 Å². The molecule has 1 N–H and O–H groups in total. The van der Waals surface area contributed by atoms with Crippen LogP contribution in [0.25, 0.3) is 0 Å². The van der Waals surface area contributed by atoms with Crippen molar-refractivity contribution in [2.45, 2.75) is 39.2 Å². The van der Waals surface area contributed by atoms with Gasteiger partial charge in [0.1, 0.15) is 18.3 Å². The predicted molar refractivity (Wildman–Crippen MR) is 89.3 cm³/mol. The van der Waals surface area contributed by atoms with E-state index < -0.39 is 40.2 Å². The third-order valence-electron chi connectivity index (χ3n) is 7.43. The highest BCUT2D eigenvalue weighted by Crippen LogP contribution is 2.67. The van der Waals surface area contributed by atoms with Gasteiger partial charge < -0.3 is 14.6 Å². The van der Waals surface area contributed by atoms with Crippen molar-refractivity contribution in [2.75, 3.05) is 6.61 Å². The number of cyclic esters (lactones) is 1. The zero-order valence-corrected chi connectivity index (χ0v) is 14.7. The zero-order chi connectivity index (χ0) is 18.2. The molecule has 5 nitrogen and oxygen atoms in total. The van der Waals surface area contributed by atoms with Gasteiger partial charge in [0.25, 0.3) is 0 Å². The highest BCUT2D eigenvalue weighted by molar-refractivity contribution is 6.00. The Balaban J connectivity index is 1.93. The third-order valence-corrected chi connectivity index (χ3v) is 7.43. The molecule has 2 spiro atoms. The second-order valence-corrected chi connectivity index (χ2v) is 8.80. The number of rotatable bonds is 1. The monoisotopic (exact) mass is 344 g/mol. The Bertz CT molecular complexity index is 720. The van der Waals surface area contributed by atoms with E-state index in [9.17, 15) is 19.5 Å². The van der Waals surface area contributed by atoms with E-state index in [4.69, 9.17) is 4.74 Å². The highest BCUT2D eigenvalue weighted by Gasteiger charge is 2.73. The topological polar surface area (TPSA) is 80.7 Å². The average molecular weight is 344 g/mol. The molecule has 134 valence electrons. The lowest BCUT2D eigenvalue weighted by molar-refractivity contribution is -0.211. The van der Waals surface area contributed by atoms with Crippen LogP contribution in [-0.2, 0) is 19.1 Å². The van der Waals surface area contributed by atoms with Crippen molar-refractivity contribution in [3.63, 3.8) is 0 Å². The van der Waals surface area contributed by atoms with E-state index >= 15 is 0 Å². The van der Waals surface area contributed by atoms with Gasteiger partial charge in [-0.25, -0.2) is 0 Å². The fourth-order valence-electron chi connectivity index (χ4n) is 6.14. The molecule has 3 aliphatic carbocycles. The molecule has 0 aromatic heterocycles. The van der Waals surface area contributed by atoms with Crippen LogP contribution in [0.4, 0.5) is 0 Å². The number of fused-ring (bicyclic) bond motifs is 2. The van der Waals surface area contributed by atoms with Crippen LogP contribution in [0.3, 0.4) is 0 Å². The molecule has 0 radical (unpaired) electrons. The van der Waals surface area contributed by atoms with Crippen molar-refractivity contribution in [2.24, 2.45) is 34.0 Å². The summed E-state index contributed by atoms with van der Waals surface area (Å²) in [6, 6.07) is 0. The fourth-order valence-corrected chi connectivity index (χ4v) is 6.14. The van der Waals surface area contributed by atoms with Crippen LogP contribution in [0.15, 0.2) is 24.3 Å². The van der Waals surface area contributed by atoms with E-state index in [1.165, 1.54) is 6.08 Å². The van der Waals surface area contributed by atoms with Gasteiger partial charge in [-0.2, -0.15) is 0 Å². The van der Waals surface area contributed by atoms with Gasteiger partial charge in [0, 0.05) is 5.92 Å². The van der Waals surface area contributed by atoms with Gasteiger partial charge in [-0.3, -0.25) is 9.59 Å². The SMILES string of the molecule is C=C1C2CCC3C(C2)(C(=O)OCC32C(=O)C=CC(C)(C)C2C=O)C1O. The van der Waals surface area contributed by atoms with E-state index in [1.54, 1.807) is 6.08 Å². The molecule has 2 bridgehead atoms. The van der Waals surface area contributed by atoms with E-state index in [1.807, 2.05) is 13.8 Å². The quantitative estimate of drug-likeness (QED) is 0.446. The van der Waals surface area contributed by atoms with Crippen LogP contribution in [-0.4, -0.2) is 35.9 Å². The smallest absolute Gasteiger partial charge is 0.315 e. The molecule has 1 saturated heterocycles. The van der Waals surface area contributed by atoms with Crippen LogP contribution >= 0.6 is 0 Å². The van der Waals surface area contributed by atoms with Crippen molar-refractivity contribution in [3.8, 4) is 0 Å². The van der Waals surface area contributed by atoms with Crippen molar-refractivity contribution in [1.29, 1.82) is 0 Å². The second kappa shape index (κ2) is 4.91. The number of aliphatic hydroxyl groups is 1. The number of carbonyl (C=O) groups excluding carboxylic acids is 3. The first kappa shape index (κ1) is 16.7. The number of aldehydes is 1. The van der Waals surface area contributed by atoms with E-state index in [-0.39, 0.29) is 18.3 Å². The number of ketones is 1. The van der Waals surface area contributed by atoms with Crippen LogP contribution in [0.2, 0.25) is 0 Å². The maximum Gasteiger partial charge on any atom is 0.315 e. The Kier molecular flexibility index (Phi) is 3.28. The Morgan fingerprint density at radius 2 is 2.00 bits per heavy atom. The first-order valence-corrected chi connectivity index (χ1v) is 8.95. The van der Waals surface area contributed by atoms with Crippen molar-refractivity contribution >= 4 is 18.0 Å². The summed E-state index contributed by atoms with van der Waals surface area (Å²) < 4.78 is 5.52. The lowest BCUT2D eigenvalue weighted by Gasteiger charge is -2.58. The number of aliphatic hydroxyl groups excluding tert-OH is 1. The molecule has 25 heavy (non-hydrogen) atoms. The largest absolute Gasteiger partial charge is 0.464 e. The summed E-state index contributed by atoms with van der Waals surface area (Å²) in [6.07, 6.45) is 5.00.